The van der Waals surface area contributed by atoms with Crippen LogP contribution in [0.1, 0.15) is 55.9 Å². The minimum Gasteiger partial charge on any atom is -0.313 e. The van der Waals surface area contributed by atoms with E-state index in [1.54, 1.807) is 11.3 Å². The highest BCUT2D eigenvalue weighted by molar-refractivity contribution is 7.09. The van der Waals surface area contributed by atoms with Crippen molar-refractivity contribution in [2.45, 2.75) is 52.5 Å². The standard InChI is InChI=1S/C17H25N3S/c1-5-6-18-10-14-7-13(9-19-11-14)8-16-20-15(12-21-16)17(2,3)4/h7,9,11-12,18H,5-6,8,10H2,1-4H3. The Balaban J connectivity index is 2.02. The average molecular weight is 303 g/mol. The number of nitrogens with one attached hydrogen (secondary N) is 1. The molecular weight excluding hydrogens is 278 g/mol. The lowest BCUT2D eigenvalue weighted by Gasteiger charge is -2.14. The molecule has 0 amide bonds. The number of rotatable bonds is 6. The SMILES string of the molecule is CCCNCc1cncc(Cc2nc(C(C)(C)C)cs2)c1. The zero-order valence-electron chi connectivity index (χ0n) is 13.4. The summed E-state index contributed by atoms with van der Waals surface area (Å²) in [6.45, 7) is 10.7. The van der Waals surface area contributed by atoms with E-state index in [1.165, 1.54) is 21.8 Å². The summed E-state index contributed by atoms with van der Waals surface area (Å²) in [5.41, 5.74) is 3.78. The van der Waals surface area contributed by atoms with Crippen molar-refractivity contribution in [3.05, 3.63) is 45.7 Å². The summed E-state index contributed by atoms with van der Waals surface area (Å²) in [4.78, 5) is 9.11. The Hall–Kier alpha value is -1.26. The van der Waals surface area contributed by atoms with E-state index < -0.39 is 0 Å². The Morgan fingerprint density at radius 3 is 2.62 bits per heavy atom. The molecule has 2 rings (SSSR count). The third-order valence-electron chi connectivity index (χ3n) is 3.28. The molecule has 0 aliphatic rings. The van der Waals surface area contributed by atoms with Gasteiger partial charge in [-0.1, -0.05) is 33.8 Å². The van der Waals surface area contributed by atoms with Crippen molar-refractivity contribution in [3.8, 4) is 0 Å². The van der Waals surface area contributed by atoms with E-state index in [2.05, 4.69) is 49.4 Å². The minimum absolute atomic E-state index is 0.124. The fourth-order valence-corrected chi connectivity index (χ4v) is 3.11. The quantitative estimate of drug-likeness (QED) is 0.822. The third kappa shape index (κ3) is 4.90. The molecule has 0 saturated heterocycles. The third-order valence-corrected chi connectivity index (χ3v) is 4.13. The molecule has 4 heteroatoms. The number of aromatic nitrogens is 2. The molecule has 0 radical (unpaired) electrons. The predicted molar refractivity (Wildman–Crippen MR) is 89.9 cm³/mol. The summed E-state index contributed by atoms with van der Waals surface area (Å²) in [5, 5.41) is 6.76. The van der Waals surface area contributed by atoms with E-state index in [9.17, 15) is 0 Å². The van der Waals surface area contributed by atoms with Gasteiger partial charge in [0.25, 0.3) is 0 Å². The molecule has 114 valence electrons. The zero-order valence-corrected chi connectivity index (χ0v) is 14.3. The monoisotopic (exact) mass is 303 g/mol. The Kier molecular flexibility index (Phi) is 5.48. The minimum atomic E-state index is 0.124. The van der Waals surface area contributed by atoms with Gasteiger partial charge < -0.3 is 5.32 Å². The Morgan fingerprint density at radius 2 is 1.95 bits per heavy atom. The zero-order chi connectivity index (χ0) is 15.3. The lowest BCUT2D eigenvalue weighted by molar-refractivity contribution is 0.571. The van der Waals surface area contributed by atoms with Crippen LogP contribution < -0.4 is 5.32 Å². The van der Waals surface area contributed by atoms with Crippen molar-refractivity contribution in [1.29, 1.82) is 0 Å². The molecule has 0 aromatic carbocycles. The van der Waals surface area contributed by atoms with Gasteiger partial charge in [0.15, 0.2) is 0 Å². The maximum Gasteiger partial charge on any atom is 0.0973 e. The smallest absolute Gasteiger partial charge is 0.0973 e. The molecule has 0 atom stereocenters. The largest absolute Gasteiger partial charge is 0.313 e. The van der Waals surface area contributed by atoms with Crippen molar-refractivity contribution >= 4 is 11.3 Å². The first-order valence-corrected chi connectivity index (χ1v) is 8.45. The molecule has 0 spiro atoms. The van der Waals surface area contributed by atoms with Crippen LogP contribution in [0.2, 0.25) is 0 Å². The van der Waals surface area contributed by atoms with Gasteiger partial charge in [0.2, 0.25) is 0 Å². The Morgan fingerprint density at radius 1 is 1.19 bits per heavy atom. The van der Waals surface area contributed by atoms with E-state index in [-0.39, 0.29) is 5.41 Å². The summed E-state index contributed by atoms with van der Waals surface area (Å²) < 4.78 is 0. The maximum absolute atomic E-state index is 4.76. The van der Waals surface area contributed by atoms with Crippen molar-refractivity contribution in [3.63, 3.8) is 0 Å². The molecule has 3 nitrogen and oxygen atoms in total. The highest BCUT2D eigenvalue weighted by atomic mass is 32.1. The lowest BCUT2D eigenvalue weighted by atomic mass is 9.93. The van der Waals surface area contributed by atoms with Crippen LogP contribution in [0.3, 0.4) is 0 Å². The first-order chi connectivity index (χ1) is 9.99. The van der Waals surface area contributed by atoms with Crippen LogP contribution in [0.15, 0.2) is 23.8 Å². The molecule has 2 heterocycles. The molecule has 0 aliphatic heterocycles. The molecular formula is C17H25N3S. The summed E-state index contributed by atoms with van der Waals surface area (Å²) in [5.74, 6) is 0. The highest BCUT2D eigenvalue weighted by Crippen LogP contribution is 2.25. The van der Waals surface area contributed by atoms with Gasteiger partial charge in [0, 0.05) is 36.2 Å². The summed E-state index contributed by atoms with van der Waals surface area (Å²) >= 11 is 1.74. The number of pyridine rings is 1. The summed E-state index contributed by atoms with van der Waals surface area (Å²) in [6.07, 6.45) is 5.91. The van der Waals surface area contributed by atoms with Gasteiger partial charge in [-0.2, -0.15) is 0 Å². The van der Waals surface area contributed by atoms with E-state index in [0.29, 0.717) is 0 Å². The molecule has 2 aromatic rings. The van der Waals surface area contributed by atoms with Crippen LogP contribution >= 0.6 is 11.3 Å². The molecule has 0 aliphatic carbocycles. The van der Waals surface area contributed by atoms with Gasteiger partial charge >= 0.3 is 0 Å². The molecule has 2 aromatic heterocycles. The van der Waals surface area contributed by atoms with E-state index >= 15 is 0 Å². The van der Waals surface area contributed by atoms with E-state index in [1.807, 2.05) is 12.4 Å². The van der Waals surface area contributed by atoms with Crippen molar-refractivity contribution < 1.29 is 0 Å². The number of nitrogens with zero attached hydrogens (tertiary/aromatic N) is 2. The van der Waals surface area contributed by atoms with Gasteiger partial charge in [-0.25, -0.2) is 4.98 Å². The number of thiazole rings is 1. The van der Waals surface area contributed by atoms with Crippen LogP contribution in [0, 0.1) is 0 Å². The molecule has 0 fully saturated rings. The number of hydrogen-bond acceptors (Lipinski definition) is 4. The van der Waals surface area contributed by atoms with Crippen LogP contribution in [-0.2, 0) is 18.4 Å². The topological polar surface area (TPSA) is 37.8 Å². The van der Waals surface area contributed by atoms with Gasteiger partial charge in [-0.05, 0) is 24.1 Å². The molecule has 1 N–H and O–H groups in total. The fraction of sp³-hybridized carbons (Fsp3) is 0.529. The molecule has 21 heavy (non-hydrogen) atoms. The molecule has 0 saturated carbocycles. The number of hydrogen-bond donors (Lipinski definition) is 1. The lowest BCUT2D eigenvalue weighted by Crippen LogP contribution is -2.14. The Labute approximate surface area is 131 Å². The average Bonchev–Trinajstić information content (AvgIpc) is 2.88. The van der Waals surface area contributed by atoms with Gasteiger partial charge in [0.1, 0.15) is 0 Å². The van der Waals surface area contributed by atoms with Crippen LogP contribution in [-0.4, -0.2) is 16.5 Å². The van der Waals surface area contributed by atoms with E-state index in [0.717, 1.165) is 25.9 Å². The van der Waals surface area contributed by atoms with Gasteiger partial charge in [0.05, 0.1) is 10.7 Å². The fourth-order valence-electron chi connectivity index (χ4n) is 2.06. The van der Waals surface area contributed by atoms with Crippen LogP contribution in [0.4, 0.5) is 0 Å². The second-order valence-corrected chi connectivity index (χ2v) is 7.37. The molecule has 0 unspecified atom stereocenters. The first kappa shape index (κ1) is 16.1. The second-order valence-electron chi connectivity index (χ2n) is 6.43. The van der Waals surface area contributed by atoms with Crippen molar-refractivity contribution in [2.24, 2.45) is 0 Å². The van der Waals surface area contributed by atoms with E-state index in [4.69, 9.17) is 4.98 Å². The van der Waals surface area contributed by atoms with Crippen molar-refractivity contribution in [2.75, 3.05) is 6.54 Å². The van der Waals surface area contributed by atoms with Crippen molar-refractivity contribution in [1.82, 2.24) is 15.3 Å². The molecule has 0 bridgehead atoms. The van der Waals surface area contributed by atoms with Gasteiger partial charge in [-0.15, -0.1) is 11.3 Å². The summed E-state index contributed by atoms with van der Waals surface area (Å²) in [6, 6.07) is 2.23. The highest BCUT2D eigenvalue weighted by Gasteiger charge is 2.17. The van der Waals surface area contributed by atoms with Gasteiger partial charge in [-0.3, -0.25) is 4.98 Å². The Bertz CT molecular complexity index is 569. The maximum atomic E-state index is 4.76. The normalized spacial score (nSPS) is 11.8. The second kappa shape index (κ2) is 7.14. The first-order valence-electron chi connectivity index (χ1n) is 7.57. The summed E-state index contributed by atoms with van der Waals surface area (Å²) in [7, 11) is 0. The van der Waals surface area contributed by atoms with Crippen LogP contribution in [0.5, 0.6) is 0 Å². The van der Waals surface area contributed by atoms with Crippen LogP contribution in [0.25, 0.3) is 0 Å². The predicted octanol–water partition coefficient (Wildman–Crippen LogP) is 3.93.